The molecule has 0 aliphatic rings. The molecule has 0 fully saturated rings. The molecule has 0 aliphatic carbocycles. The Labute approximate surface area is 166 Å². The summed E-state index contributed by atoms with van der Waals surface area (Å²) in [4.78, 5) is 12.3. The van der Waals surface area contributed by atoms with Gasteiger partial charge in [0.15, 0.2) is 0 Å². The third kappa shape index (κ3) is 4.92. The summed E-state index contributed by atoms with van der Waals surface area (Å²) in [7, 11) is 1.61. The number of methoxy groups -OCH3 is 1. The number of nitrogens with one attached hydrogen (secondary N) is 1. The second-order valence-electron chi connectivity index (χ2n) is 6.83. The van der Waals surface area contributed by atoms with Crippen LogP contribution < -0.4 is 14.8 Å². The topological polar surface area (TPSA) is 47.6 Å². The summed E-state index contributed by atoms with van der Waals surface area (Å²) in [5, 5.41) is 2.90. The summed E-state index contributed by atoms with van der Waals surface area (Å²) >= 11 is 0. The number of rotatable bonds is 7. The molecule has 28 heavy (non-hydrogen) atoms. The zero-order valence-corrected chi connectivity index (χ0v) is 16.4. The van der Waals surface area contributed by atoms with Crippen molar-refractivity contribution in [3.63, 3.8) is 0 Å². The Morgan fingerprint density at radius 3 is 2.25 bits per heavy atom. The predicted molar refractivity (Wildman–Crippen MR) is 112 cm³/mol. The lowest BCUT2D eigenvalue weighted by Crippen LogP contribution is -2.30. The van der Waals surface area contributed by atoms with Gasteiger partial charge in [-0.25, -0.2) is 0 Å². The molecule has 0 aliphatic heterocycles. The predicted octanol–water partition coefficient (Wildman–Crippen LogP) is 5.08. The number of benzene rings is 3. The lowest BCUT2D eigenvalue weighted by Gasteiger charge is -2.13. The van der Waals surface area contributed by atoms with Crippen LogP contribution in [0.5, 0.6) is 11.5 Å². The summed E-state index contributed by atoms with van der Waals surface area (Å²) in [6.07, 6.45) is 0. The maximum absolute atomic E-state index is 12.3. The van der Waals surface area contributed by atoms with Gasteiger partial charge in [0.2, 0.25) is 0 Å². The number of amides is 1. The van der Waals surface area contributed by atoms with E-state index in [1.165, 1.54) is 5.56 Å². The van der Waals surface area contributed by atoms with Crippen molar-refractivity contribution >= 4 is 5.91 Å². The van der Waals surface area contributed by atoms with Crippen LogP contribution in [0.2, 0.25) is 0 Å². The summed E-state index contributed by atoms with van der Waals surface area (Å²) < 4.78 is 11.3. The van der Waals surface area contributed by atoms with Gasteiger partial charge < -0.3 is 14.8 Å². The van der Waals surface area contributed by atoms with Crippen LogP contribution >= 0.6 is 0 Å². The zero-order chi connectivity index (χ0) is 19.9. The van der Waals surface area contributed by atoms with Crippen molar-refractivity contribution in [2.75, 3.05) is 7.11 Å². The van der Waals surface area contributed by atoms with Gasteiger partial charge in [-0.1, -0.05) is 42.5 Å². The van der Waals surface area contributed by atoms with E-state index in [0.29, 0.717) is 17.9 Å². The molecule has 0 unspecified atom stereocenters. The first-order valence-corrected chi connectivity index (χ1v) is 9.33. The van der Waals surface area contributed by atoms with E-state index in [1.54, 1.807) is 19.2 Å². The minimum absolute atomic E-state index is 0.0810. The van der Waals surface area contributed by atoms with Gasteiger partial charge in [0.05, 0.1) is 7.11 Å². The molecule has 4 nitrogen and oxygen atoms in total. The van der Waals surface area contributed by atoms with E-state index in [9.17, 15) is 4.79 Å². The summed E-state index contributed by atoms with van der Waals surface area (Å²) in [6, 6.07) is 23.6. The Balaban J connectivity index is 1.72. The van der Waals surface area contributed by atoms with Gasteiger partial charge in [0, 0.05) is 17.2 Å². The Kier molecular flexibility index (Phi) is 6.33. The van der Waals surface area contributed by atoms with E-state index in [-0.39, 0.29) is 11.9 Å². The Bertz CT molecular complexity index is 918. The number of carbonyl (C=O) groups excluding carboxylic acids is 1. The Morgan fingerprint density at radius 2 is 1.61 bits per heavy atom. The summed E-state index contributed by atoms with van der Waals surface area (Å²) in [6.45, 7) is 4.19. The normalized spacial score (nSPS) is 10.6. The van der Waals surface area contributed by atoms with Gasteiger partial charge in [0.1, 0.15) is 18.1 Å². The molecule has 0 atom stereocenters. The van der Waals surface area contributed by atoms with E-state index in [0.717, 1.165) is 16.9 Å². The number of hydrogen-bond acceptors (Lipinski definition) is 3. The Hall–Kier alpha value is -3.27. The highest BCUT2D eigenvalue weighted by molar-refractivity contribution is 5.94. The van der Waals surface area contributed by atoms with Crippen molar-refractivity contribution in [2.45, 2.75) is 26.5 Å². The van der Waals surface area contributed by atoms with Gasteiger partial charge in [-0.2, -0.15) is 0 Å². The van der Waals surface area contributed by atoms with Crippen LogP contribution in [-0.2, 0) is 6.61 Å². The maximum Gasteiger partial charge on any atom is 0.251 e. The average molecular weight is 375 g/mol. The largest absolute Gasteiger partial charge is 0.496 e. The molecule has 3 aromatic rings. The molecule has 3 rings (SSSR count). The molecule has 1 amide bonds. The molecule has 1 N–H and O–H groups in total. The van der Waals surface area contributed by atoms with Crippen molar-refractivity contribution in [3.8, 4) is 22.6 Å². The average Bonchev–Trinajstić information content (AvgIpc) is 2.72. The van der Waals surface area contributed by atoms with Gasteiger partial charge in [-0.05, 0) is 55.3 Å². The van der Waals surface area contributed by atoms with Crippen LogP contribution in [0, 0.1) is 0 Å². The SMILES string of the molecule is COc1ccc(C(=O)NC(C)C)cc1COc1ccc(-c2ccccc2)cc1. The third-order valence-electron chi connectivity index (χ3n) is 4.32. The maximum atomic E-state index is 12.3. The molecule has 144 valence electrons. The van der Waals surface area contributed by atoms with Crippen LogP contribution in [0.4, 0.5) is 0 Å². The first kappa shape index (κ1) is 19.5. The van der Waals surface area contributed by atoms with Crippen molar-refractivity contribution < 1.29 is 14.3 Å². The fourth-order valence-corrected chi connectivity index (χ4v) is 2.91. The van der Waals surface area contributed by atoms with E-state index in [1.807, 2.05) is 62.4 Å². The molecule has 0 spiro atoms. The second-order valence-corrected chi connectivity index (χ2v) is 6.83. The van der Waals surface area contributed by atoms with E-state index in [4.69, 9.17) is 9.47 Å². The Morgan fingerprint density at radius 1 is 0.929 bits per heavy atom. The minimum atomic E-state index is -0.105. The zero-order valence-electron chi connectivity index (χ0n) is 16.4. The second kappa shape index (κ2) is 9.09. The van der Waals surface area contributed by atoms with Gasteiger partial charge in [0.25, 0.3) is 5.91 Å². The molecular weight excluding hydrogens is 350 g/mol. The fourth-order valence-electron chi connectivity index (χ4n) is 2.91. The molecule has 0 bridgehead atoms. The van der Waals surface area contributed by atoms with Crippen molar-refractivity contribution in [3.05, 3.63) is 83.9 Å². The standard InChI is InChI=1S/C24H25NO3/c1-17(2)25-24(26)20-11-14-23(27-3)21(15-20)16-28-22-12-9-19(10-13-22)18-7-5-4-6-8-18/h4-15,17H,16H2,1-3H3,(H,25,26). The first-order chi connectivity index (χ1) is 13.6. The van der Waals surface area contributed by atoms with Crippen LogP contribution in [0.3, 0.4) is 0 Å². The lowest BCUT2D eigenvalue weighted by atomic mass is 10.1. The number of hydrogen-bond donors (Lipinski definition) is 1. The van der Waals surface area contributed by atoms with Crippen LogP contribution in [0.25, 0.3) is 11.1 Å². The van der Waals surface area contributed by atoms with Crippen molar-refractivity contribution in [1.29, 1.82) is 0 Å². The van der Waals surface area contributed by atoms with E-state index < -0.39 is 0 Å². The van der Waals surface area contributed by atoms with Crippen LogP contribution in [0.15, 0.2) is 72.8 Å². The minimum Gasteiger partial charge on any atom is -0.496 e. The molecule has 0 radical (unpaired) electrons. The summed E-state index contributed by atoms with van der Waals surface area (Å²) in [5.74, 6) is 1.35. The lowest BCUT2D eigenvalue weighted by molar-refractivity contribution is 0.0943. The molecule has 0 heterocycles. The van der Waals surface area contributed by atoms with Crippen LogP contribution in [-0.4, -0.2) is 19.1 Å². The molecular formula is C24H25NO3. The quantitative estimate of drug-likeness (QED) is 0.626. The highest BCUT2D eigenvalue weighted by atomic mass is 16.5. The smallest absolute Gasteiger partial charge is 0.251 e. The van der Waals surface area contributed by atoms with Gasteiger partial charge in [-0.3, -0.25) is 4.79 Å². The fraction of sp³-hybridized carbons (Fsp3) is 0.208. The highest BCUT2D eigenvalue weighted by Crippen LogP contribution is 2.25. The molecule has 0 aromatic heterocycles. The molecule has 0 saturated heterocycles. The van der Waals surface area contributed by atoms with E-state index in [2.05, 4.69) is 17.4 Å². The number of ether oxygens (including phenoxy) is 2. The van der Waals surface area contributed by atoms with Gasteiger partial charge in [-0.15, -0.1) is 0 Å². The molecule has 4 heteroatoms. The third-order valence-corrected chi connectivity index (χ3v) is 4.32. The van der Waals surface area contributed by atoms with E-state index >= 15 is 0 Å². The van der Waals surface area contributed by atoms with Gasteiger partial charge >= 0.3 is 0 Å². The molecule has 3 aromatic carbocycles. The first-order valence-electron chi connectivity index (χ1n) is 9.33. The monoisotopic (exact) mass is 375 g/mol. The van der Waals surface area contributed by atoms with Crippen LogP contribution in [0.1, 0.15) is 29.8 Å². The summed E-state index contributed by atoms with van der Waals surface area (Å²) in [5.41, 5.74) is 3.72. The highest BCUT2D eigenvalue weighted by Gasteiger charge is 2.12. The van der Waals surface area contributed by atoms with Crippen molar-refractivity contribution in [1.82, 2.24) is 5.32 Å². The van der Waals surface area contributed by atoms with Crippen molar-refractivity contribution in [2.24, 2.45) is 0 Å². The molecule has 0 saturated carbocycles. The number of carbonyl (C=O) groups is 1.